The quantitative estimate of drug-likeness (QED) is 0.653. The molecule has 8 heteroatoms. The van der Waals surface area contributed by atoms with Gasteiger partial charge in [-0.25, -0.2) is 4.68 Å². The lowest BCUT2D eigenvalue weighted by Gasteiger charge is -2.04. The molecule has 0 amide bonds. The molecule has 0 spiro atoms. The van der Waals surface area contributed by atoms with E-state index in [1.165, 1.54) is 5.56 Å². The van der Waals surface area contributed by atoms with E-state index in [9.17, 15) is 0 Å². The third kappa shape index (κ3) is 5.36. The largest absolute Gasteiger partial charge is 0.312 e. The number of nitrogens with zero attached hydrogens (tertiary/aromatic N) is 4. The Kier molecular flexibility index (Phi) is 7.15. The highest BCUT2D eigenvalue weighted by Gasteiger charge is 2.01. The summed E-state index contributed by atoms with van der Waals surface area (Å²) >= 11 is 7.54. The zero-order chi connectivity index (χ0) is 12.8. The molecule has 0 atom stereocenters. The van der Waals surface area contributed by atoms with Gasteiger partial charge in [0.15, 0.2) is 0 Å². The van der Waals surface area contributed by atoms with E-state index in [4.69, 9.17) is 11.6 Å². The smallest absolute Gasteiger partial charge is 0.209 e. The first-order chi connectivity index (χ1) is 8.75. The van der Waals surface area contributed by atoms with E-state index in [2.05, 4.69) is 26.9 Å². The van der Waals surface area contributed by atoms with Crippen molar-refractivity contribution in [3.63, 3.8) is 0 Å². The average molecular weight is 320 g/mol. The van der Waals surface area contributed by atoms with Gasteiger partial charge in [-0.15, -0.1) is 17.5 Å². The maximum atomic E-state index is 5.91. The molecule has 0 unspecified atom stereocenters. The molecule has 0 aliphatic rings. The highest BCUT2D eigenvalue weighted by Crippen LogP contribution is 2.12. The van der Waals surface area contributed by atoms with Crippen molar-refractivity contribution in [2.45, 2.75) is 11.7 Å². The van der Waals surface area contributed by atoms with E-state index < -0.39 is 0 Å². The van der Waals surface area contributed by atoms with Crippen molar-refractivity contribution in [3.8, 4) is 0 Å². The zero-order valence-electron chi connectivity index (χ0n) is 10.4. The van der Waals surface area contributed by atoms with Crippen LogP contribution in [0.2, 0.25) is 5.02 Å². The van der Waals surface area contributed by atoms with Gasteiger partial charge in [0, 0.05) is 30.9 Å². The van der Waals surface area contributed by atoms with Crippen molar-refractivity contribution in [2.24, 2.45) is 7.05 Å². The molecule has 0 aliphatic heterocycles. The van der Waals surface area contributed by atoms with Crippen molar-refractivity contribution < 1.29 is 0 Å². The third-order valence-corrected chi connectivity index (χ3v) is 3.56. The molecule has 2 rings (SSSR count). The number of aromatic nitrogens is 4. The van der Waals surface area contributed by atoms with Gasteiger partial charge in [-0.1, -0.05) is 35.5 Å². The third-order valence-electron chi connectivity index (χ3n) is 2.31. The monoisotopic (exact) mass is 319 g/mol. The van der Waals surface area contributed by atoms with Crippen molar-refractivity contribution in [3.05, 3.63) is 34.9 Å². The van der Waals surface area contributed by atoms with Crippen LogP contribution >= 0.6 is 35.8 Å². The molecule has 5 nitrogen and oxygen atoms in total. The molecule has 1 heterocycles. The zero-order valence-corrected chi connectivity index (χ0v) is 12.8. The van der Waals surface area contributed by atoms with Gasteiger partial charge in [-0.3, -0.25) is 0 Å². The van der Waals surface area contributed by atoms with Crippen molar-refractivity contribution >= 4 is 35.8 Å². The summed E-state index contributed by atoms with van der Waals surface area (Å²) in [6.45, 7) is 1.71. The summed E-state index contributed by atoms with van der Waals surface area (Å²) in [5, 5.41) is 16.2. The van der Waals surface area contributed by atoms with Crippen LogP contribution in [-0.4, -0.2) is 32.5 Å². The Bertz CT molecular complexity index is 505. The number of hydrogen-bond donors (Lipinski definition) is 1. The molecule has 0 radical (unpaired) electrons. The molecule has 0 fully saturated rings. The minimum atomic E-state index is 0. The van der Waals surface area contributed by atoms with Gasteiger partial charge in [-0.05, 0) is 28.1 Å². The number of tetrazole rings is 1. The second-order valence-corrected chi connectivity index (χ2v) is 5.24. The number of aryl methyl sites for hydroxylation is 1. The highest BCUT2D eigenvalue weighted by molar-refractivity contribution is 7.99. The van der Waals surface area contributed by atoms with Crippen LogP contribution < -0.4 is 5.32 Å². The second kappa shape index (κ2) is 8.37. The summed E-state index contributed by atoms with van der Waals surface area (Å²) in [6.07, 6.45) is 0. The van der Waals surface area contributed by atoms with E-state index in [1.54, 1.807) is 16.4 Å². The number of rotatable bonds is 6. The molecule has 0 saturated carbocycles. The van der Waals surface area contributed by atoms with Crippen LogP contribution in [0.3, 0.4) is 0 Å². The van der Waals surface area contributed by atoms with Gasteiger partial charge >= 0.3 is 0 Å². The first-order valence-electron chi connectivity index (χ1n) is 5.56. The fourth-order valence-electron chi connectivity index (χ4n) is 1.44. The maximum absolute atomic E-state index is 5.91. The summed E-state index contributed by atoms with van der Waals surface area (Å²) in [5.41, 5.74) is 1.19. The van der Waals surface area contributed by atoms with Crippen LogP contribution in [0.5, 0.6) is 0 Å². The van der Waals surface area contributed by atoms with E-state index in [0.717, 1.165) is 29.0 Å². The Morgan fingerprint density at radius 2 is 2.26 bits per heavy atom. The fraction of sp³-hybridized carbons (Fsp3) is 0.364. The standard InChI is InChI=1S/C11H14ClN5S.ClH/c1-17-11(14-15-16-17)18-6-5-13-8-9-3-2-4-10(12)7-9;/h2-4,7,13H,5-6,8H2,1H3;1H. The summed E-state index contributed by atoms with van der Waals surface area (Å²) in [4.78, 5) is 0. The number of nitrogens with one attached hydrogen (secondary N) is 1. The van der Waals surface area contributed by atoms with Gasteiger partial charge in [0.05, 0.1) is 0 Å². The molecule has 2 aromatic rings. The molecule has 1 aromatic heterocycles. The van der Waals surface area contributed by atoms with E-state index >= 15 is 0 Å². The Morgan fingerprint density at radius 1 is 1.42 bits per heavy atom. The first kappa shape index (κ1) is 16.2. The van der Waals surface area contributed by atoms with Gasteiger partial charge in [0.1, 0.15) is 0 Å². The molecule has 104 valence electrons. The Balaban J connectivity index is 0.00000180. The number of benzene rings is 1. The molecule has 1 aromatic carbocycles. The lowest BCUT2D eigenvalue weighted by molar-refractivity contribution is 0.663. The van der Waals surface area contributed by atoms with Crippen molar-refractivity contribution in [1.82, 2.24) is 25.5 Å². The van der Waals surface area contributed by atoms with Crippen LogP contribution in [0.25, 0.3) is 0 Å². The predicted octanol–water partition coefficient (Wildman–Crippen LogP) is 2.17. The lowest BCUT2D eigenvalue weighted by Crippen LogP contribution is -2.16. The minimum Gasteiger partial charge on any atom is -0.312 e. The number of thioether (sulfide) groups is 1. The minimum absolute atomic E-state index is 0. The molecule has 1 N–H and O–H groups in total. The van der Waals surface area contributed by atoms with E-state index in [-0.39, 0.29) is 12.4 Å². The highest BCUT2D eigenvalue weighted by atomic mass is 35.5. The van der Waals surface area contributed by atoms with Crippen LogP contribution in [0, 0.1) is 0 Å². The average Bonchev–Trinajstić information content (AvgIpc) is 2.75. The molecule has 0 aliphatic carbocycles. The van der Waals surface area contributed by atoms with Crippen molar-refractivity contribution in [2.75, 3.05) is 12.3 Å². The van der Waals surface area contributed by atoms with E-state index in [1.807, 2.05) is 25.2 Å². The van der Waals surface area contributed by atoms with E-state index in [0.29, 0.717) is 0 Å². The Labute approximate surface area is 127 Å². The Hall–Kier alpha value is -0.820. The molecular weight excluding hydrogens is 305 g/mol. The molecular formula is C11H15Cl2N5S. The predicted molar refractivity (Wildman–Crippen MR) is 79.9 cm³/mol. The van der Waals surface area contributed by atoms with Gasteiger partial charge in [0.2, 0.25) is 5.16 Å². The molecule has 0 bridgehead atoms. The van der Waals surface area contributed by atoms with Crippen molar-refractivity contribution in [1.29, 1.82) is 0 Å². The lowest BCUT2D eigenvalue weighted by atomic mass is 10.2. The molecule has 19 heavy (non-hydrogen) atoms. The topological polar surface area (TPSA) is 55.6 Å². The van der Waals surface area contributed by atoms with Crippen LogP contribution in [0.15, 0.2) is 29.4 Å². The SMILES string of the molecule is Cl.Cn1nnnc1SCCNCc1cccc(Cl)c1. The number of halogens is 2. The second-order valence-electron chi connectivity index (χ2n) is 3.74. The summed E-state index contributed by atoms with van der Waals surface area (Å²) < 4.78 is 1.67. The van der Waals surface area contributed by atoms with Gasteiger partial charge < -0.3 is 5.32 Å². The summed E-state index contributed by atoms with van der Waals surface area (Å²) in [5.74, 6) is 0.925. The summed E-state index contributed by atoms with van der Waals surface area (Å²) in [7, 11) is 1.84. The maximum Gasteiger partial charge on any atom is 0.209 e. The fourth-order valence-corrected chi connectivity index (χ4v) is 2.40. The van der Waals surface area contributed by atoms with Gasteiger partial charge in [-0.2, -0.15) is 0 Å². The number of hydrogen-bond acceptors (Lipinski definition) is 5. The normalized spacial score (nSPS) is 10.2. The first-order valence-corrected chi connectivity index (χ1v) is 6.92. The van der Waals surface area contributed by atoms with Crippen LogP contribution in [0.1, 0.15) is 5.56 Å². The van der Waals surface area contributed by atoms with Crippen LogP contribution in [-0.2, 0) is 13.6 Å². The van der Waals surface area contributed by atoms with Gasteiger partial charge in [0.25, 0.3) is 0 Å². The Morgan fingerprint density at radius 3 is 2.95 bits per heavy atom. The summed E-state index contributed by atoms with van der Waals surface area (Å²) in [6, 6.07) is 7.86. The molecule has 0 saturated heterocycles. The van der Waals surface area contributed by atoms with Crippen LogP contribution in [0.4, 0.5) is 0 Å².